The maximum absolute atomic E-state index is 12.5. The van der Waals surface area contributed by atoms with Gasteiger partial charge in [-0.15, -0.1) is 0 Å². The fourth-order valence-corrected chi connectivity index (χ4v) is 3.13. The highest BCUT2D eigenvalue weighted by atomic mass is 16.5. The number of ether oxygens (including phenoxy) is 1. The van der Waals surface area contributed by atoms with Crippen LogP contribution in [0.4, 0.5) is 0 Å². The van der Waals surface area contributed by atoms with E-state index in [1.807, 2.05) is 11.8 Å². The van der Waals surface area contributed by atoms with Gasteiger partial charge in [-0.3, -0.25) is 9.59 Å². The number of likely N-dealkylation sites (tertiary alicyclic amines) is 1. The first-order valence-corrected chi connectivity index (χ1v) is 7.48. The largest absolute Gasteiger partial charge is 0.481 e. The fourth-order valence-electron chi connectivity index (χ4n) is 3.13. The van der Waals surface area contributed by atoms with Gasteiger partial charge in [0.2, 0.25) is 0 Å². The molecule has 5 nitrogen and oxygen atoms in total. The van der Waals surface area contributed by atoms with E-state index in [1.54, 1.807) is 13.8 Å². The van der Waals surface area contributed by atoms with Crippen LogP contribution >= 0.6 is 0 Å². The van der Waals surface area contributed by atoms with E-state index in [2.05, 4.69) is 0 Å². The van der Waals surface area contributed by atoms with E-state index < -0.39 is 11.4 Å². The second-order valence-electron chi connectivity index (χ2n) is 6.71. The van der Waals surface area contributed by atoms with Crippen LogP contribution in [0.15, 0.2) is 0 Å². The Hall–Kier alpha value is -1.10. The van der Waals surface area contributed by atoms with Crippen molar-refractivity contribution < 1.29 is 19.4 Å². The van der Waals surface area contributed by atoms with Crippen LogP contribution in [0.1, 0.15) is 40.0 Å². The quantitative estimate of drug-likeness (QED) is 0.857. The van der Waals surface area contributed by atoms with Crippen LogP contribution in [0.5, 0.6) is 0 Å². The lowest BCUT2D eigenvalue weighted by Gasteiger charge is -2.40. The van der Waals surface area contributed by atoms with Gasteiger partial charge in [-0.05, 0) is 44.9 Å². The first kappa shape index (κ1) is 15.3. The Balaban J connectivity index is 2.03. The normalized spacial score (nSPS) is 31.4. The van der Waals surface area contributed by atoms with Crippen LogP contribution in [0.3, 0.4) is 0 Å². The van der Waals surface area contributed by atoms with Crippen molar-refractivity contribution in [3.63, 3.8) is 0 Å². The van der Waals surface area contributed by atoms with E-state index >= 15 is 0 Å². The maximum Gasteiger partial charge on any atom is 0.309 e. The minimum absolute atomic E-state index is 0.00871. The molecule has 2 fully saturated rings. The average Bonchev–Trinajstić information content (AvgIpc) is 2.84. The molecule has 0 aliphatic carbocycles. The predicted octanol–water partition coefficient (Wildman–Crippen LogP) is 1.76. The van der Waals surface area contributed by atoms with Gasteiger partial charge in [0.1, 0.15) is 6.10 Å². The number of piperidine rings is 1. The summed E-state index contributed by atoms with van der Waals surface area (Å²) in [7, 11) is 0. The first-order chi connectivity index (χ1) is 9.34. The number of hydrogen-bond acceptors (Lipinski definition) is 3. The summed E-state index contributed by atoms with van der Waals surface area (Å²) >= 11 is 0. The number of rotatable bonds is 3. The smallest absolute Gasteiger partial charge is 0.309 e. The minimum Gasteiger partial charge on any atom is -0.481 e. The van der Waals surface area contributed by atoms with Crippen molar-refractivity contribution in [2.75, 3.05) is 19.7 Å². The fraction of sp³-hybridized carbons (Fsp3) is 0.867. The topological polar surface area (TPSA) is 66.8 Å². The molecule has 2 aliphatic rings. The van der Waals surface area contributed by atoms with Crippen LogP contribution in [0, 0.1) is 17.3 Å². The van der Waals surface area contributed by atoms with Crippen molar-refractivity contribution >= 4 is 11.9 Å². The summed E-state index contributed by atoms with van der Waals surface area (Å²) in [6.45, 7) is 7.45. The maximum atomic E-state index is 12.5. The van der Waals surface area contributed by atoms with Crippen molar-refractivity contribution in [3.8, 4) is 0 Å². The molecule has 2 heterocycles. The first-order valence-electron chi connectivity index (χ1n) is 7.48. The van der Waals surface area contributed by atoms with Crippen LogP contribution in [0.25, 0.3) is 0 Å². The number of amides is 1. The van der Waals surface area contributed by atoms with Crippen molar-refractivity contribution in [3.05, 3.63) is 0 Å². The lowest BCUT2D eigenvalue weighted by Crippen LogP contribution is -2.50. The Morgan fingerprint density at radius 3 is 2.55 bits per heavy atom. The summed E-state index contributed by atoms with van der Waals surface area (Å²) in [6, 6.07) is 0. The molecular formula is C15H25NO4. The lowest BCUT2D eigenvalue weighted by atomic mass is 9.74. The van der Waals surface area contributed by atoms with Gasteiger partial charge < -0.3 is 14.7 Å². The molecule has 114 valence electrons. The monoisotopic (exact) mass is 283 g/mol. The molecule has 0 bridgehead atoms. The molecule has 1 amide bonds. The molecule has 0 radical (unpaired) electrons. The van der Waals surface area contributed by atoms with Gasteiger partial charge in [0, 0.05) is 19.7 Å². The van der Waals surface area contributed by atoms with Gasteiger partial charge in [-0.2, -0.15) is 0 Å². The van der Waals surface area contributed by atoms with Gasteiger partial charge in [0.15, 0.2) is 0 Å². The molecule has 20 heavy (non-hydrogen) atoms. The zero-order valence-corrected chi connectivity index (χ0v) is 12.6. The zero-order chi connectivity index (χ0) is 14.9. The molecule has 0 aromatic carbocycles. The van der Waals surface area contributed by atoms with Crippen LogP contribution in [-0.2, 0) is 14.3 Å². The van der Waals surface area contributed by atoms with Crippen LogP contribution in [0.2, 0.25) is 0 Å². The highest BCUT2D eigenvalue weighted by molar-refractivity contribution is 5.82. The van der Waals surface area contributed by atoms with Gasteiger partial charge >= 0.3 is 5.97 Å². The number of carbonyl (C=O) groups excluding carboxylic acids is 1. The van der Waals surface area contributed by atoms with E-state index in [0.29, 0.717) is 13.2 Å². The molecule has 2 aliphatic heterocycles. The van der Waals surface area contributed by atoms with Gasteiger partial charge in [0.05, 0.1) is 5.41 Å². The van der Waals surface area contributed by atoms with Crippen molar-refractivity contribution in [1.82, 2.24) is 4.90 Å². The van der Waals surface area contributed by atoms with Crippen molar-refractivity contribution in [2.45, 2.75) is 46.1 Å². The van der Waals surface area contributed by atoms with E-state index in [4.69, 9.17) is 4.74 Å². The van der Waals surface area contributed by atoms with Gasteiger partial charge in [-0.1, -0.05) is 6.92 Å². The Morgan fingerprint density at radius 2 is 2.00 bits per heavy atom. The number of nitrogens with zero attached hydrogens (tertiary/aromatic N) is 1. The Labute approximate surface area is 120 Å². The van der Waals surface area contributed by atoms with Gasteiger partial charge in [-0.25, -0.2) is 0 Å². The highest BCUT2D eigenvalue weighted by Gasteiger charge is 2.42. The standard InChI is InChI=1S/C15H25NO4/c1-10-6-8-20-12(10)13(17)16-7-4-5-11(9-16)15(2,3)14(18)19/h10-12H,4-9H2,1-3H3,(H,18,19). The summed E-state index contributed by atoms with van der Waals surface area (Å²) in [5, 5.41) is 9.34. The Bertz CT molecular complexity index is 393. The van der Waals surface area contributed by atoms with Crippen LogP contribution < -0.4 is 0 Å². The summed E-state index contributed by atoms with van der Waals surface area (Å²) in [4.78, 5) is 25.7. The second-order valence-corrected chi connectivity index (χ2v) is 6.71. The molecule has 1 N–H and O–H groups in total. The number of carbonyl (C=O) groups is 2. The third-order valence-corrected chi connectivity index (χ3v) is 4.94. The van der Waals surface area contributed by atoms with E-state index in [1.165, 1.54) is 0 Å². The molecule has 5 heteroatoms. The van der Waals surface area contributed by atoms with E-state index in [9.17, 15) is 14.7 Å². The summed E-state index contributed by atoms with van der Waals surface area (Å²) in [5.41, 5.74) is -0.791. The van der Waals surface area contributed by atoms with E-state index in [0.717, 1.165) is 25.8 Å². The number of carboxylic acid groups (broad SMARTS) is 1. The number of carboxylic acids is 1. The zero-order valence-electron chi connectivity index (χ0n) is 12.6. The summed E-state index contributed by atoms with van der Waals surface area (Å²) in [5.74, 6) is -0.479. The molecule has 3 atom stereocenters. The second kappa shape index (κ2) is 5.72. The van der Waals surface area contributed by atoms with Crippen LogP contribution in [-0.4, -0.2) is 47.7 Å². The molecule has 0 saturated carbocycles. The third-order valence-electron chi connectivity index (χ3n) is 4.94. The van der Waals surface area contributed by atoms with E-state index in [-0.39, 0.29) is 23.8 Å². The molecule has 3 unspecified atom stereocenters. The third kappa shape index (κ3) is 2.82. The number of aliphatic carboxylic acids is 1. The van der Waals surface area contributed by atoms with Crippen molar-refractivity contribution in [1.29, 1.82) is 0 Å². The molecule has 0 aromatic heterocycles. The average molecular weight is 283 g/mol. The minimum atomic E-state index is -0.791. The van der Waals surface area contributed by atoms with Crippen molar-refractivity contribution in [2.24, 2.45) is 17.3 Å². The molecule has 0 aromatic rings. The molecular weight excluding hydrogens is 258 g/mol. The summed E-state index contributed by atoms with van der Waals surface area (Å²) < 4.78 is 5.54. The number of hydrogen-bond donors (Lipinski definition) is 1. The molecule has 2 saturated heterocycles. The Morgan fingerprint density at radius 1 is 1.30 bits per heavy atom. The predicted molar refractivity (Wildman–Crippen MR) is 74.2 cm³/mol. The van der Waals surface area contributed by atoms with Gasteiger partial charge in [0.25, 0.3) is 5.91 Å². The SMILES string of the molecule is CC1CCOC1C(=O)N1CCCC(C(C)(C)C(=O)O)C1. The molecule has 2 rings (SSSR count). The molecule has 0 spiro atoms. The summed E-state index contributed by atoms with van der Waals surface area (Å²) in [6.07, 6.45) is 2.33. The Kier molecular flexibility index (Phi) is 4.37. The highest BCUT2D eigenvalue weighted by Crippen LogP contribution is 2.35. The lowest BCUT2D eigenvalue weighted by molar-refractivity contribution is -0.155.